The Labute approximate surface area is 113 Å². The highest BCUT2D eigenvalue weighted by Gasteiger charge is 2.23. The molecule has 0 radical (unpaired) electrons. The predicted molar refractivity (Wildman–Crippen MR) is 74.4 cm³/mol. The molecule has 1 atom stereocenters. The number of ether oxygens (including phenoxy) is 1. The second-order valence-corrected chi connectivity index (χ2v) is 5.06. The van der Waals surface area contributed by atoms with Gasteiger partial charge in [-0.2, -0.15) is 0 Å². The maximum atomic E-state index is 5.76. The Balaban J connectivity index is 1.78. The van der Waals surface area contributed by atoms with Gasteiger partial charge >= 0.3 is 0 Å². The number of furan rings is 1. The van der Waals surface area contributed by atoms with E-state index >= 15 is 0 Å². The minimum Gasteiger partial charge on any atom is -0.490 e. The summed E-state index contributed by atoms with van der Waals surface area (Å²) >= 11 is 0. The summed E-state index contributed by atoms with van der Waals surface area (Å²) in [7, 11) is 1.94. The monoisotopic (exact) mass is 257 g/mol. The SMILES string of the molecule is CNC(c1ccc(OC2CC2)cc1)c1ccc(C)o1. The molecule has 1 aromatic heterocycles. The Morgan fingerprint density at radius 3 is 2.42 bits per heavy atom. The highest BCUT2D eigenvalue weighted by molar-refractivity contribution is 5.33. The first-order valence-electron chi connectivity index (χ1n) is 6.76. The fraction of sp³-hybridized carbons (Fsp3) is 0.375. The van der Waals surface area contributed by atoms with Crippen molar-refractivity contribution >= 4 is 0 Å². The normalized spacial score (nSPS) is 16.3. The molecule has 3 nitrogen and oxygen atoms in total. The lowest BCUT2D eigenvalue weighted by molar-refractivity contribution is 0.303. The lowest BCUT2D eigenvalue weighted by atomic mass is 10.0. The second kappa shape index (κ2) is 5.10. The van der Waals surface area contributed by atoms with Gasteiger partial charge in [0.1, 0.15) is 17.3 Å². The highest BCUT2D eigenvalue weighted by atomic mass is 16.5. The summed E-state index contributed by atoms with van der Waals surface area (Å²) in [6.07, 6.45) is 2.82. The van der Waals surface area contributed by atoms with E-state index in [1.165, 1.54) is 18.4 Å². The van der Waals surface area contributed by atoms with Gasteiger partial charge in [0.05, 0.1) is 12.1 Å². The Bertz CT molecular complexity index is 540. The third kappa shape index (κ3) is 2.82. The first kappa shape index (κ1) is 12.3. The first-order chi connectivity index (χ1) is 9.26. The van der Waals surface area contributed by atoms with Crippen LogP contribution in [0.2, 0.25) is 0 Å². The number of benzene rings is 1. The van der Waals surface area contributed by atoms with Crippen molar-refractivity contribution in [3.05, 3.63) is 53.5 Å². The van der Waals surface area contributed by atoms with Gasteiger partial charge in [0, 0.05) is 0 Å². The molecule has 1 fully saturated rings. The highest BCUT2D eigenvalue weighted by Crippen LogP contribution is 2.29. The zero-order chi connectivity index (χ0) is 13.2. The van der Waals surface area contributed by atoms with Crippen LogP contribution in [0.25, 0.3) is 0 Å². The molecular weight excluding hydrogens is 238 g/mol. The van der Waals surface area contributed by atoms with Crippen molar-refractivity contribution < 1.29 is 9.15 Å². The molecule has 0 bridgehead atoms. The first-order valence-corrected chi connectivity index (χ1v) is 6.76. The standard InChI is InChI=1S/C16H19NO2/c1-11-3-10-15(18-11)16(17-2)12-4-6-13(7-5-12)19-14-8-9-14/h3-7,10,14,16-17H,8-9H2,1-2H3. The lowest BCUT2D eigenvalue weighted by Crippen LogP contribution is -2.16. The van der Waals surface area contributed by atoms with Crippen molar-refractivity contribution in [1.82, 2.24) is 5.32 Å². The van der Waals surface area contributed by atoms with Crippen molar-refractivity contribution in [1.29, 1.82) is 0 Å². The number of hydrogen-bond donors (Lipinski definition) is 1. The van der Waals surface area contributed by atoms with Crippen LogP contribution in [-0.2, 0) is 0 Å². The average molecular weight is 257 g/mol. The van der Waals surface area contributed by atoms with Crippen LogP contribution < -0.4 is 10.1 Å². The molecule has 0 amide bonds. The summed E-state index contributed by atoms with van der Waals surface area (Å²) < 4.78 is 11.5. The lowest BCUT2D eigenvalue weighted by Gasteiger charge is -2.15. The minimum absolute atomic E-state index is 0.0867. The van der Waals surface area contributed by atoms with Crippen LogP contribution in [0.5, 0.6) is 5.75 Å². The molecule has 1 unspecified atom stereocenters. The van der Waals surface area contributed by atoms with E-state index in [0.29, 0.717) is 6.10 Å². The van der Waals surface area contributed by atoms with E-state index < -0.39 is 0 Å². The Kier molecular flexibility index (Phi) is 3.30. The predicted octanol–water partition coefficient (Wildman–Crippen LogP) is 3.44. The summed E-state index contributed by atoms with van der Waals surface area (Å²) in [5, 5.41) is 3.29. The maximum Gasteiger partial charge on any atom is 0.125 e. The summed E-state index contributed by atoms with van der Waals surface area (Å²) in [5.41, 5.74) is 1.18. The largest absolute Gasteiger partial charge is 0.490 e. The Hall–Kier alpha value is -1.74. The number of nitrogens with one attached hydrogen (secondary N) is 1. The molecule has 0 aliphatic heterocycles. The smallest absolute Gasteiger partial charge is 0.125 e. The van der Waals surface area contributed by atoms with Crippen molar-refractivity contribution in [2.75, 3.05) is 7.05 Å². The third-order valence-corrected chi connectivity index (χ3v) is 3.37. The van der Waals surface area contributed by atoms with Crippen LogP contribution in [-0.4, -0.2) is 13.2 Å². The van der Waals surface area contributed by atoms with E-state index in [0.717, 1.165) is 17.3 Å². The van der Waals surface area contributed by atoms with E-state index in [-0.39, 0.29) is 6.04 Å². The zero-order valence-electron chi connectivity index (χ0n) is 11.3. The zero-order valence-corrected chi connectivity index (χ0v) is 11.3. The molecule has 1 aromatic carbocycles. The molecule has 3 rings (SSSR count). The summed E-state index contributed by atoms with van der Waals surface area (Å²) in [6.45, 7) is 1.96. The van der Waals surface area contributed by atoms with Crippen molar-refractivity contribution in [2.45, 2.75) is 31.9 Å². The maximum absolute atomic E-state index is 5.76. The molecular formula is C16H19NO2. The average Bonchev–Trinajstić information content (AvgIpc) is 3.13. The topological polar surface area (TPSA) is 34.4 Å². The van der Waals surface area contributed by atoms with Crippen LogP contribution in [0.15, 0.2) is 40.8 Å². The number of aryl methyl sites for hydroxylation is 1. The number of hydrogen-bond acceptors (Lipinski definition) is 3. The van der Waals surface area contributed by atoms with Crippen molar-refractivity contribution in [2.24, 2.45) is 0 Å². The molecule has 2 aromatic rings. The van der Waals surface area contributed by atoms with Crippen molar-refractivity contribution in [3.63, 3.8) is 0 Å². The molecule has 100 valence electrons. The van der Waals surface area contributed by atoms with Crippen LogP contribution in [0, 0.1) is 6.92 Å². The molecule has 1 aliphatic carbocycles. The molecule has 19 heavy (non-hydrogen) atoms. The molecule has 0 spiro atoms. The Morgan fingerprint density at radius 1 is 1.16 bits per heavy atom. The fourth-order valence-corrected chi connectivity index (χ4v) is 2.20. The van der Waals surface area contributed by atoms with Crippen LogP contribution in [0.3, 0.4) is 0 Å². The summed E-state index contributed by atoms with van der Waals surface area (Å²) in [5.74, 6) is 2.83. The molecule has 1 aliphatic rings. The molecule has 1 saturated carbocycles. The number of rotatable bonds is 5. The van der Waals surface area contributed by atoms with Gasteiger partial charge in [-0.3, -0.25) is 0 Å². The Morgan fingerprint density at radius 2 is 1.89 bits per heavy atom. The van der Waals surface area contributed by atoms with Gasteiger partial charge in [-0.15, -0.1) is 0 Å². The quantitative estimate of drug-likeness (QED) is 0.891. The molecule has 1 N–H and O–H groups in total. The van der Waals surface area contributed by atoms with Crippen molar-refractivity contribution in [3.8, 4) is 5.75 Å². The summed E-state index contributed by atoms with van der Waals surface area (Å²) in [6, 6.07) is 12.4. The van der Waals surface area contributed by atoms with Crippen LogP contribution >= 0.6 is 0 Å². The van der Waals surface area contributed by atoms with Gasteiger partial charge in [-0.1, -0.05) is 12.1 Å². The van der Waals surface area contributed by atoms with Gasteiger partial charge in [0.2, 0.25) is 0 Å². The van der Waals surface area contributed by atoms with Gasteiger partial charge < -0.3 is 14.5 Å². The molecule has 3 heteroatoms. The van der Waals surface area contributed by atoms with Gasteiger partial charge in [0.15, 0.2) is 0 Å². The van der Waals surface area contributed by atoms with E-state index in [2.05, 4.69) is 17.4 Å². The molecule has 0 saturated heterocycles. The molecule has 1 heterocycles. The van der Waals surface area contributed by atoms with E-state index in [1.54, 1.807) is 0 Å². The minimum atomic E-state index is 0.0867. The van der Waals surface area contributed by atoms with Crippen LogP contribution in [0.4, 0.5) is 0 Å². The van der Waals surface area contributed by atoms with E-state index in [4.69, 9.17) is 9.15 Å². The van der Waals surface area contributed by atoms with Gasteiger partial charge in [0.25, 0.3) is 0 Å². The van der Waals surface area contributed by atoms with Gasteiger partial charge in [-0.05, 0) is 56.6 Å². The summed E-state index contributed by atoms with van der Waals surface area (Å²) in [4.78, 5) is 0. The second-order valence-electron chi connectivity index (χ2n) is 5.06. The van der Waals surface area contributed by atoms with Crippen LogP contribution in [0.1, 0.15) is 36.0 Å². The van der Waals surface area contributed by atoms with E-state index in [9.17, 15) is 0 Å². The fourth-order valence-electron chi connectivity index (χ4n) is 2.20. The van der Waals surface area contributed by atoms with Gasteiger partial charge in [-0.25, -0.2) is 0 Å². The van der Waals surface area contributed by atoms with E-state index in [1.807, 2.05) is 38.2 Å². The third-order valence-electron chi connectivity index (χ3n) is 3.37.